The highest BCUT2D eigenvalue weighted by Crippen LogP contribution is 2.21. The van der Waals surface area contributed by atoms with Crippen LogP contribution in [-0.4, -0.2) is 4.98 Å². The minimum absolute atomic E-state index is 0.978. The summed E-state index contributed by atoms with van der Waals surface area (Å²) in [6, 6.07) is 2.02. The van der Waals surface area contributed by atoms with Crippen LogP contribution >= 0.6 is 31.9 Å². The second-order valence-corrected chi connectivity index (χ2v) is 3.65. The Morgan fingerprint density at radius 2 is 2.10 bits per heavy atom. The average molecular weight is 265 g/mol. The summed E-state index contributed by atoms with van der Waals surface area (Å²) in [7, 11) is 0. The lowest BCUT2D eigenvalue weighted by Gasteiger charge is -1.97. The molecule has 0 N–H and O–H groups in total. The molecule has 54 valence electrons. The third-order valence-corrected chi connectivity index (χ3v) is 3.05. The Hall–Kier alpha value is 0.110. The lowest BCUT2D eigenvalue weighted by molar-refractivity contribution is 1.03. The summed E-state index contributed by atoms with van der Waals surface area (Å²) in [6.07, 6.45) is 2.79. The van der Waals surface area contributed by atoms with Gasteiger partial charge in [0.25, 0.3) is 0 Å². The van der Waals surface area contributed by atoms with Crippen LogP contribution in [0.15, 0.2) is 21.2 Å². The predicted molar refractivity (Wildman–Crippen MR) is 49.0 cm³/mol. The normalized spacial score (nSPS) is 9.90. The quantitative estimate of drug-likeness (QED) is 0.759. The fourth-order valence-electron chi connectivity index (χ4n) is 0.647. The fraction of sp³-hybridized carbons (Fsp3) is 0.286. The second kappa shape index (κ2) is 3.49. The summed E-state index contributed by atoms with van der Waals surface area (Å²) in [5, 5.41) is 0. The number of pyridine rings is 1. The molecule has 0 saturated heterocycles. The first-order valence-electron chi connectivity index (χ1n) is 3.04. The summed E-state index contributed by atoms with van der Waals surface area (Å²) in [5.74, 6) is 0. The highest BCUT2D eigenvalue weighted by molar-refractivity contribution is 9.13. The number of rotatable bonds is 1. The molecule has 1 nitrogen and oxygen atoms in total. The van der Waals surface area contributed by atoms with Gasteiger partial charge in [-0.1, -0.05) is 6.92 Å². The summed E-state index contributed by atoms with van der Waals surface area (Å²) in [6.45, 7) is 2.09. The van der Waals surface area contributed by atoms with Crippen molar-refractivity contribution in [2.75, 3.05) is 0 Å². The number of nitrogens with zero attached hydrogens (tertiary/aromatic N) is 1. The third-order valence-electron chi connectivity index (χ3n) is 1.23. The van der Waals surface area contributed by atoms with Gasteiger partial charge in [-0.05, 0) is 44.3 Å². The van der Waals surface area contributed by atoms with Crippen molar-refractivity contribution < 1.29 is 0 Å². The van der Waals surface area contributed by atoms with Crippen LogP contribution in [-0.2, 0) is 6.42 Å². The van der Waals surface area contributed by atoms with Crippen LogP contribution in [0.3, 0.4) is 0 Å². The average Bonchev–Trinajstić information content (AvgIpc) is 1.95. The summed E-state index contributed by atoms with van der Waals surface area (Å²) < 4.78 is 2.07. The molecular formula is C7H7Br2N. The van der Waals surface area contributed by atoms with Gasteiger partial charge in [0.1, 0.15) is 0 Å². The number of hydrogen-bond donors (Lipinski definition) is 0. The first-order valence-corrected chi connectivity index (χ1v) is 4.62. The van der Waals surface area contributed by atoms with E-state index < -0.39 is 0 Å². The van der Waals surface area contributed by atoms with Gasteiger partial charge in [0.05, 0.1) is 4.47 Å². The van der Waals surface area contributed by atoms with E-state index in [0.29, 0.717) is 0 Å². The topological polar surface area (TPSA) is 12.9 Å². The molecule has 0 unspecified atom stereocenters. The molecule has 0 bridgehead atoms. The zero-order chi connectivity index (χ0) is 7.56. The molecule has 1 rings (SSSR count). The molecule has 0 aliphatic rings. The van der Waals surface area contributed by atoms with Gasteiger partial charge in [-0.3, -0.25) is 4.98 Å². The zero-order valence-corrected chi connectivity index (χ0v) is 8.74. The van der Waals surface area contributed by atoms with E-state index in [1.54, 1.807) is 0 Å². The van der Waals surface area contributed by atoms with Gasteiger partial charge in [0.2, 0.25) is 0 Å². The third kappa shape index (κ3) is 1.80. The maximum absolute atomic E-state index is 4.18. The standard InChI is InChI=1S/C7H7Br2N/c1-2-5-3-6(8)7(9)4-10-5/h3-4H,2H2,1H3. The molecule has 1 aromatic heterocycles. The van der Waals surface area contributed by atoms with Crippen molar-refractivity contribution in [2.45, 2.75) is 13.3 Å². The van der Waals surface area contributed by atoms with E-state index in [4.69, 9.17) is 0 Å². The van der Waals surface area contributed by atoms with Gasteiger partial charge in [-0.25, -0.2) is 0 Å². The Balaban J connectivity index is 3.04. The summed E-state index contributed by atoms with van der Waals surface area (Å²) in [4.78, 5) is 4.18. The monoisotopic (exact) mass is 263 g/mol. The van der Waals surface area contributed by atoms with Crippen LogP contribution in [0.4, 0.5) is 0 Å². The lowest BCUT2D eigenvalue weighted by Crippen LogP contribution is -1.85. The zero-order valence-electron chi connectivity index (χ0n) is 5.56. The molecule has 1 aromatic rings. The fourth-order valence-corrected chi connectivity index (χ4v) is 1.23. The molecule has 10 heavy (non-hydrogen) atoms. The van der Waals surface area contributed by atoms with Crippen molar-refractivity contribution in [3.05, 3.63) is 26.9 Å². The first kappa shape index (κ1) is 8.21. The Kier molecular flexibility index (Phi) is 2.86. The molecule has 0 amide bonds. The number of hydrogen-bond acceptors (Lipinski definition) is 1. The molecule has 0 atom stereocenters. The van der Waals surface area contributed by atoms with E-state index in [-0.39, 0.29) is 0 Å². The van der Waals surface area contributed by atoms with E-state index in [1.165, 1.54) is 0 Å². The maximum atomic E-state index is 4.18. The van der Waals surface area contributed by atoms with E-state index in [1.807, 2.05) is 12.3 Å². The molecule has 0 aromatic carbocycles. The largest absolute Gasteiger partial charge is 0.260 e. The van der Waals surface area contributed by atoms with Crippen molar-refractivity contribution in [3.8, 4) is 0 Å². The van der Waals surface area contributed by atoms with Crippen molar-refractivity contribution >= 4 is 31.9 Å². The van der Waals surface area contributed by atoms with Crippen molar-refractivity contribution in [2.24, 2.45) is 0 Å². The Bertz CT molecular complexity index is 235. The van der Waals surface area contributed by atoms with Crippen molar-refractivity contribution in [1.82, 2.24) is 4.98 Å². The van der Waals surface area contributed by atoms with E-state index >= 15 is 0 Å². The lowest BCUT2D eigenvalue weighted by atomic mass is 10.3. The molecule has 0 aliphatic heterocycles. The van der Waals surface area contributed by atoms with Crippen LogP contribution in [0.2, 0.25) is 0 Å². The van der Waals surface area contributed by atoms with Gasteiger partial charge in [0.15, 0.2) is 0 Å². The SMILES string of the molecule is CCc1cc(Br)c(Br)cn1. The van der Waals surface area contributed by atoms with Gasteiger partial charge in [-0.2, -0.15) is 0 Å². The second-order valence-electron chi connectivity index (χ2n) is 1.94. The molecule has 0 radical (unpaired) electrons. The van der Waals surface area contributed by atoms with Gasteiger partial charge in [-0.15, -0.1) is 0 Å². The van der Waals surface area contributed by atoms with Crippen LogP contribution < -0.4 is 0 Å². The molecule has 0 fully saturated rings. The Morgan fingerprint density at radius 1 is 1.40 bits per heavy atom. The first-order chi connectivity index (χ1) is 4.74. The number of halogens is 2. The van der Waals surface area contributed by atoms with Crippen molar-refractivity contribution in [3.63, 3.8) is 0 Å². The molecule has 0 spiro atoms. The van der Waals surface area contributed by atoms with E-state index in [0.717, 1.165) is 21.1 Å². The summed E-state index contributed by atoms with van der Waals surface area (Å²) >= 11 is 6.75. The minimum atomic E-state index is 0.978. The van der Waals surface area contributed by atoms with E-state index in [9.17, 15) is 0 Å². The van der Waals surface area contributed by atoms with Crippen LogP contribution in [0.5, 0.6) is 0 Å². The van der Waals surface area contributed by atoms with Gasteiger partial charge < -0.3 is 0 Å². The number of aromatic nitrogens is 1. The summed E-state index contributed by atoms with van der Waals surface area (Å²) in [5.41, 5.74) is 1.11. The Morgan fingerprint density at radius 3 is 2.60 bits per heavy atom. The molecule has 0 aliphatic carbocycles. The highest BCUT2D eigenvalue weighted by atomic mass is 79.9. The van der Waals surface area contributed by atoms with Gasteiger partial charge in [0, 0.05) is 16.4 Å². The minimum Gasteiger partial charge on any atom is -0.260 e. The smallest absolute Gasteiger partial charge is 0.0501 e. The predicted octanol–water partition coefficient (Wildman–Crippen LogP) is 3.17. The number of aryl methyl sites for hydroxylation is 1. The molecule has 3 heteroatoms. The van der Waals surface area contributed by atoms with Crippen LogP contribution in [0.1, 0.15) is 12.6 Å². The van der Waals surface area contributed by atoms with E-state index in [2.05, 4.69) is 43.8 Å². The van der Waals surface area contributed by atoms with Crippen LogP contribution in [0, 0.1) is 0 Å². The van der Waals surface area contributed by atoms with Gasteiger partial charge >= 0.3 is 0 Å². The molecular weight excluding hydrogens is 258 g/mol. The maximum Gasteiger partial charge on any atom is 0.0501 e. The van der Waals surface area contributed by atoms with Crippen molar-refractivity contribution in [1.29, 1.82) is 0 Å². The highest BCUT2D eigenvalue weighted by Gasteiger charge is 1.96. The van der Waals surface area contributed by atoms with Crippen LogP contribution in [0.25, 0.3) is 0 Å². The Labute approximate surface area is 77.1 Å². The molecule has 1 heterocycles. The molecule has 0 saturated carbocycles.